The molecule has 4 heteroatoms. The van der Waals surface area contributed by atoms with E-state index in [-0.39, 0.29) is 5.91 Å². The number of rotatable bonds is 6. The molecule has 0 spiro atoms. The minimum atomic E-state index is 0.0878. The fraction of sp³-hybridized carbons (Fsp3) is 0.917. The first kappa shape index (κ1) is 13.5. The Kier molecular flexibility index (Phi) is 5.77. The van der Waals surface area contributed by atoms with Crippen molar-refractivity contribution in [2.75, 3.05) is 32.7 Å². The molecule has 0 radical (unpaired) electrons. The van der Waals surface area contributed by atoms with E-state index in [2.05, 4.69) is 24.1 Å². The summed E-state index contributed by atoms with van der Waals surface area (Å²) in [6.45, 7) is 9.22. The molecule has 0 aromatic rings. The molecule has 1 saturated heterocycles. The standard InChI is InChI=1S/C12H25N3O/c1-10(2)8-15-6-4-11(9-15)7-14-12(16)3-5-13/h10-11H,3-9,13H2,1-2H3,(H,14,16). The number of nitrogens with zero attached hydrogens (tertiary/aromatic N) is 1. The lowest BCUT2D eigenvalue weighted by Gasteiger charge is -2.18. The van der Waals surface area contributed by atoms with Gasteiger partial charge in [0, 0.05) is 32.6 Å². The van der Waals surface area contributed by atoms with Crippen LogP contribution in [0.5, 0.6) is 0 Å². The lowest BCUT2D eigenvalue weighted by atomic mass is 10.1. The quantitative estimate of drug-likeness (QED) is 0.692. The first-order chi connectivity index (χ1) is 7.61. The second kappa shape index (κ2) is 6.86. The largest absolute Gasteiger partial charge is 0.356 e. The van der Waals surface area contributed by atoms with Crippen molar-refractivity contribution in [3.63, 3.8) is 0 Å². The van der Waals surface area contributed by atoms with Crippen LogP contribution in [0.3, 0.4) is 0 Å². The van der Waals surface area contributed by atoms with Crippen LogP contribution in [0.2, 0.25) is 0 Å². The number of hydrogen-bond acceptors (Lipinski definition) is 3. The van der Waals surface area contributed by atoms with E-state index in [1.807, 2.05) is 0 Å². The molecule has 1 rings (SSSR count). The molecule has 0 aromatic heterocycles. The van der Waals surface area contributed by atoms with E-state index in [1.54, 1.807) is 0 Å². The third-order valence-electron chi connectivity index (χ3n) is 2.95. The molecule has 1 aliphatic heterocycles. The Morgan fingerprint density at radius 1 is 1.56 bits per heavy atom. The Bertz CT molecular complexity index is 218. The lowest BCUT2D eigenvalue weighted by molar-refractivity contribution is -0.121. The number of likely N-dealkylation sites (tertiary alicyclic amines) is 1. The van der Waals surface area contributed by atoms with Gasteiger partial charge in [-0.2, -0.15) is 0 Å². The molecule has 1 amide bonds. The number of nitrogens with one attached hydrogen (secondary N) is 1. The smallest absolute Gasteiger partial charge is 0.221 e. The SMILES string of the molecule is CC(C)CN1CCC(CNC(=O)CCN)C1. The van der Waals surface area contributed by atoms with Gasteiger partial charge in [0.2, 0.25) is 5.91 Å². The van der Waals surface area contributed by atoms with Crippen LogP contribution in [0.4, 0.5) is 0 Å². The van der Waals surface area contributed by atoms with Crippen molar-refractivity contribution in [2.45, 2.75) is 26.7 Å². The highest BCUT2D eigenvalue weighted by molar-refractivity contribution is 5.75. The van der Waals surface area contributed by atoms with Gasteiger partial charge >= 0.3 is 0 Å². The third-order valence-corrected chi connectivity index (χ3v) is 2.95. The van der Waals surface area contributed by atoms with Crippen LogP contribution >= 0.6 is 0 Å². The second-order valence-electron chi connectivity index (χ2n) is 5.15. The highest BCUT2D eigenvalue weighted by Gasteiger charge is 2.22. The maximum absolute atomic E-state index is 11.3. The van der Waals surface area contributed by atoms with E-state index in [1.165, 1.54) is 19.5 Å². The number of carbonyl (C=O) groups is 1. The molecule has 1 aliphatic rings. The average Bonchev–Trinajstić information content (AvgIpc) is 2.62. The topological polar surface area (TPSA) is 58.4 Å². The van der Waals surface area contributed by atoms with Crippen LogP contribution in [0.1, 0.15) is 26.7 Å². The van der Waals surface area contributed by atoms with E-state index >= 15 is 0 Å². The zero-order valence-corrected chi connectivity index (χ0v) is 10.5. The minimum absolute atomic E-state index is 0.0878. The summed E-state index contributed by atoms with van der Waals surface area (Å²) in [5.41, 5.74) is 5.32. The molecule has 1 unspecified atom stereocenters. The molecule has 4 nitrogen and oxygen atoms in total. The zero-order valence-electron chi connectivity index (χ0n) is 10.5. The Morgan fingerprint density at radius 3 is 2.94 bits per heavy atom. The summed E-state index contributed by atoms with van der Waals surface area (Å²) in [7, 11) is 0. The van der Waals surface area contributed by atoms with Gasteiger partial charge in [0.15, 0.2) is 0 Å². The summed E-state index contributed by atoms with van der Waals surface area (Å²) < 4.78 is 0. The van der Waals surface area contributed by atoms with Crippen LogP contribution in [0.25, 0.3) is 0 Å². The molecule has 0 saturated carbocycles. The minimum Gasteiger partial charge on any atom is -0.356 e. The first-order valence-corrected chi connectivity index (χ1v) is 6.31. The maximum Gasteiger partial charge on any atom is 0.221 e. The molecular weight excluding hydrogens is 202 g/mol. The lowest BCUT2D eigenvalue weighted by Crippen LogP contribution is -2.32. The van der Waals surface area contributed by atoms with E-state index in [4.69, 9.17) is 5.73 Å². The summed E-state index contributed by atoms with van der Waals surface area (Å²) >= 11 is 0. The summed E-state index contributed by atoms with van der Waals surface area (Å²) in [5.74, 6) is 1.44. The molecular formula is C12H25N3O. The fourth-order valence-corrected chi connectivity index (χ4v) is 2.24. The molecule has 94 valence electrons. The van der Waals surface area contributed by atoms with E-state index in [0.29, 0.717) is 18.9 Å². The van der Waals surface area contributed by atoms with Gasteiger partial charge < -0.3 is 16.0 Å². The van der Waals surface area contributed by atoms with Crippen molar-refractivity contribution in [2.24, 2.45) is 17.6 Å². The molecule has 0 aliphatic carbocycles. The van der Waals surface area contributed by atoms with Crippen LogP contribution in [0.15, 0.2) is 0 Å². The third kappa shape index (κ3) is 4.94. The number of amides is 1. The Hall–Kier alpha value is -0.610. The molecule has 16 heavy (non-hydrogen) atoms. The fourth-order valence-electron chi connectivity index (χ4n) is 2.24. The van der Waals surface area contributed by atoms with Crippen LogP contribution < -0.4 is 11.1 Å². The van der Waals surface area contributed by atoms with Gasteiger partial charge in [0.25, 0.3) is 0 Å². The number of carbonyl (C=O) groups excluding carboxylic acids is 1. The first-order valence-electron chi connectivity index (χ1n) is 6.31. The highest BCUT2D eigenvalue weighted by Crippen LogP contribution is 2.16. The van der Waals surface area contributed by atoms with Gasteiger partial charge in [-0.15, -0.1) is 0 Å². The molecule has 1 fully saturated rings. The van der Waals surface area contributed by atoms with E-state index in [0.717, 1.165) is 19.0 Å². The van der Waals surface area contributed by atoms with Crippen molar-refractivity contribution in [3.05, 3.63) is 0 Å². The van der Waals surface area contributed by atoms with Crippen molar-refractivity contribution >= 4 is 5.91 Å². The van der Waals surface area contributed by atoms with Crippen molar-refractivity contribution in [1.29, 1.82) is 0 Å². The van der Waals surface area contributed by atoms with Crippen LogP contribution in [-0.2, 0) is 4.79 Å². The predicted octanol–water partition coefficient (Wildman–Crippen LogP) is 0.429. The van der Waals surface area contributed by atoms with E-state index in [9.17, 15) is 4.79 Å². The molecule has 0 bridgehead atoms. The normalized spacial score (nSPS) is 21.6. The summed E-state index contributed by atoms with van der Waals surface area (Å²) in [4.78, 5) is 13.7. The summed E-state index contributed by atoms with van der Waals surface area (Å²) in [5, 5.41) is 2.95. The Morgan fingerprint density at radius 2 is 2.31 bits per heavy atom. The van der Waals surface area contributed by atoms with E-state index < -0.39 is 0 Å². The second-order valence-corrected chi connectivity index (χ2v) is 5.15. The van der Waals surface area contributed by atoms with Gasteiger partial charge in [0.05, 0.1) is 0 Å². The van der Waals surface area contributed by atoms with Gasteiger partial charge in [-0.25, -0.2) is 0 Å². The van der Waals surface area contributed by atoms with Gasteiger partial charge in [-0.05, 0) is 24.8 Å². The molecule has 1 heterocycles. The molecule has 1 atom stereocenters. The Labute approximate surface area is 98.6 Å². The van der Waals surface area contributed by atoms with Gasteiger partial charge in [-0.3, -0.25) is 4.79 Å². The van der Waals surface area contributed by atoms with Gasteiger partial charge in [-0.1, -0.05) is 13.8 Å². The van der Waals surface area contributed by atoms with Crippen molar-refractivity contribution < 1.29 is 4.79 Å². The maximum atomic E-state index is 11.3. The number of hydrogen-bond donors (Lipinski definition) is 2. The molecule has 3 N–H and O–H groups in total. The Balaban J connectivity index is 2.14. The summed E-state index contributed by atoms with van der Waals surface area (Å²) in [6, 6.07) is 0. The van der Waals surface area contributed by atoms with Crippen molar-refractivity contribution in [3.8, 4) is 0 Å². The predicted molar refractivity (Wildman–Crippen MR) is 66.1 cm³/mol. The van der Waals surface area contributed by atoms with Crippen molar-refractivity contribution in [1.82, 2.24) is 10.2 Å². The zero-order chi connectivity index (χ0) is 12.0. The number of nitrogens with two attached hydrogens (primary N) is 1. The van der Waals surface area contributed by atoms with Crippen LogP contribution in [-0.4, -0.2) is 43.5 Å². The monoisotopic (exact) mass is 227 g/mol. The molecule has 0 aromatic carbocycles. The average molecular weight is 227 g/mol. The summed E-state index contributed by atoms with van der Waals surface area (Å²) in [6.07, 6.45) is 1.65. The van der Waals surface area contributed by atoms with Crippen LogP contribution in [0, 0.1) is 11.8 Å². The van der Waals surface area contributed by atoms with Gasteiger partial charge in [0.1, 0.15) is 0 Å². The highest BCUT2D eigenvalue weighted by atomic mass is 16.1.